The fraction of sp³-hybridized carbons (Fsp3) is 0.357. The largest absolute Gasteiger partial charge is 0.380 e. The second kappa shape index (κ2) is 5.04. The van der Waals surface area contributed by atoms with Crippen LogP contribution in [0.5, 0.6) is 0 Å². The average Bonchev–Trinajstić information content (AvgIpc) is 2.73. The second-order valence-electron chi connectivity index (χ2n) is 4.34. The van der Waals surface area contributed by atoms with Crippen molar-refractivity contribution in [3.63, 3.8) is 0 Å². The SMILES string of the molecule is CCc1cccc(C)c1NCc1cn[nH]c1C. The van der Waals surface area contributed by atoms with Gasteiger partial charge in [0, 0.05) is 23.5 Å². The number of anilines is 1. The van der Waals surface area contributed by atoms with E-state index in [0.717, 1.165) is 18.7 Å². The number of benzene rings is 1. The molecule has 0 saturated heterocycles. The van der Waals surface area contributed by atoms with E-state index in [1.54, 1.807) is 0 Å². The van der Waals surface area contributed by atoms with Crippen LogP contribution in [0.4, 0.5) is 5.69 Å². The Morgan fingerprint density at radius 2 is 2.06 bits per heavy atom. The predicted octanol–water partition coefficient (Wildman–Crippen LogP) is 3.20. The number of rotatable bonds is 4. The molecule has 2 N–H and O–H groups in total. The second-order valence-corrected chi connectivity index (χ2v) is 4.34. The summed E-state index contributed by atoms with van der Waals surface area (Å²) in [6.45, 7) is 7.19. The molecule has 0 bridgehead atoms. The smallest absolute Gasteiger partial charge is 0.0539 e. The van der Waals surface area contributed by atoms with E-state index >= 15 is 0 Å². The van der Waals surface area contributed by atoms with Gasteiger partial charge >= 0.3 is 0 Å². The van der Waals surface area contributed by atoms with Crippen LogP contribution in [0.2, 0.25) is 0 Å². The number of aromatic nitrogens is 2. The van der Waals surface area contributed by atoms with Crippen LogP contribution >= 0.6 is 0 Å². The molecule has 1 heterocycles. The van der Waals surface area contributed by atoms with Crippen LogP contribution in [0.25, 0.3) is 0 Å². The Bertz CT molecular complexity index is 500. The summed E-state index contributed by atoms with van der Waals surface area (Å²) in [5, 5.41) is 10.5. The molecular weight excluding hydrogens is 210 g/mol. The molecule has 0 aliphatic heterocycles. The highest BCUT2D eigenvalue weighted by Crippen LogP contribution is 2.21. The Balaban J connectivity index is 2.16. The summed E-state index contributed by atoms with van der Waals surface area (Å²) >= 11 is 0. The molecule has 1 aromatic heterocycles. The molecule has 0 radical (unpaired) electrons. The van der Waals surface area contributed by atoms with Gasteiger partial charge in [-0.05, 0) is 31.4 Å². The highest BCUT2D eigenvalue weighted by molar-refractivity contribution is 5.57. The molecule has 0 amide bonds. The summed E-state index contributed by atoms with van der Waals surface area (Å²) in [7, 11) is 0. The fourth-order valence-corrected chi connectivity index (χ4v) is 2.01. The van der Waals surface area contributed by atoms with E-state index in [0.29, 0.717) is 0 Å². The third kappa shape index (κ3) is 2.49. The van der Waals surface area contributed by atoms with Crippen LogP contribution in [0, 0.1) is 13.8 Å². The fourth-order valence-electron chi connectivity index (χ4n) is 2.01. The number of hydrogen-bond donors (Lipinski definition) is 2. The van der Waals surface area contributed by atoms with Crippen molar-refractivity contribution in [3.05, 3.63) is 46.8 Å². The molecule has 0 saturated carbocycles. The standard InChI is InChI=1S/C14H19N3/c1-4-12-7-5-6-10(2)14(12)15-8-13-9-16-17-11(13)3/h5-7,9,15H,4,8H2,1-3H3,(H,16,17). The van der Waals surface area contributed by atoms with Crippen molar-refractivity contribution in [3.8, 4) is 0 Å². The molecular formula is C14H19N3. The Kier molecular flexibility index (Phi) is 3.47. The van der Waals surface area contributed by atoms with E-state index in [-0.39, 0.29) is 0 Å². The van der Waals surface area contributed by atoms with E-state index in [2.05, 4.69) is 47.6 Å². The van der Waals surface area contributed by atoms with E-state index in [1.807, 2.05) is 13.1 Å². The van der Waals surface area contributed by atoms with Crippen molar-refractivity contribution >= 4 is 5.69 Å². The number of nitrogens with zero attached hydrogens (tertiary/aromatic N) is 1. The number of hydrogen-bond acceptors (Lipinski definition) is 2. The zero-order chi connectivity index (χ0) is 12.3. The first-order valence-corrected chi connectivity index (χ1v) is 6.03. The number of aryl methyl sites for hydroxylation is 3. The number of aromatic amines is 1. The van der Waals surface area contributed by atoms with Crippen LogP contribution in [0.1, 0.15) is 29.3 Å². The molecule has 2 aromatic rings. The number of H-pyrrole nitrogens is 1. The molecule has 17 heavy (non-hydrogen) atoms. The van der Waals surface area contributed by atoms with Gasteiger partial charge in [0.2, 0.25) is 0 Å². The summed E-state index contributed by atoms with van der Waals surface area (Å²) < 4.78 is 0. The summed E-state index contributed by atoms with van der Waals surface area (Å²) in [5.41, 5.74) is 6.27. The molecule has 0 unspecified atom stereocenters. The van der Waals surface area contributed by atoms with Gasteiger partial charge in [0.15, 0.2) is 0 Å². The first-order valence-electron chi connectivity index (χ1n) is 6.03. The molecule has 2 rings (SSSR count). The van der Waals surface area contributed by atoms with E-state index in [1.165, 1.54) is 22.4 Å². The van der Waals surface area contributed by atoms with Crippen molar-refractivity contribution < 1.29 is 0 Å². The Hall–Kier alpha value is -1.77. The highest BCUT2D eigenvalue weighted by atomic mass is 15.1. The maximum Gasteiger partial charge on any atom is 0.0539 e. The molecule has 1 aromatic carbocycles. The monoisotopic (exact) mass is 229 g/mol. The molecule has 0 spiro atoms. The normalized spacial score (nSPS) is 10.5. The summed E-state index contributed by atoms with van der Waals surface area (Å²) in [6, 6.07) is 6.43. The molecule has 0 aliphatic rings. The lowest BCUT2D eigenvalue weighted by Crippen LogP contribution is -2.04. The minimum atomic E-state index is 0.820. The quantitative estimate of drug-likeness (QED) is 0.845. The van der Waals surface area contributed by atoms with Gasteiger partial charge < -0.3 is 5.32 Å². The lowest BCUT2D eigenvalue weighted by molar-refractivity contribution is 1.04. The zero-order valence-electron chi connectivity index (χ0n) is 10.7. The number of nitrogens with one attached hydrogen (secondary N) is 2. The molecule has 3 nitrogen and oxygen atoms in total. The third-order valence-corrected chi connectivity index (χ3v) is 3.13. The Morgan fingerprint density at radius 1 is 1.24 bits per heavy atom. The number of para-hydroxylation sites is 1. The molecule has 90 valence electrons. The van der Waals surface area contributed by atoms with Crippen molar-refractivity contribution in [2.45, 2.75) is 33.7 Å². The highest BCUT2D eigenvalue weighted by Gasteiger charge is 2.05. The van der Waals surface area contributed by atoms with E-state index < -0.39 is 0 Å². The van der Waals surface area contributed by atoms with Crippen molar-refractivity contribution in [2.75, 3.05) is 5.32 Å². The van der Waals surface area contributed by atoms with Gasteiger partial charge in [-0.2, -0.15) is 5.10 Å². The first kappa shape index (κ1) is 11.7. The third-order valence-electron chi connectivity index (χ3n) is 3.13. The molecule has 0 fully saturated rings. The van der Waals surface area contributed by atoms with Gasteiger partial charge in [0.25, 0.3) is 0 Å². The molecule has 0 atom stereocenters. The van der Waals surface area contributed by atoms with Crippen LogP contribution in [-0.4, -0.2) is 10.2 Å². The minimum absolute atomic E-state index is 0.820. The van der Waals surface area contributed by atoms with Crippen molar-refractivity contribution in [1.29, 1.82) is 0 Å². The van der Waals surface area contributed by atoms with Gasteiger partial charge in [-0.3, -0.25) is 5.10 Å². The van der Waals surface area contributed by atoms with Crippen LogP contribution in [0.3, 0.4) is 0 Å². The zero-order valence-corrected chi connectivity index (χ0v) is 10.7. The summed E-state index contributed by atoms with van der Waals surface area (Å²) in [6.07, 6.45) is 2.93. The Morgan fingerprint density at radius 3 is 2.71 bits per heavy atom. The van der Waals surface area contributed by atoms with E-state index in [4.69, 9.17) is 0 Å². The predicted molar refractivity (Wildman–Crippen MR) is 71.2 cm³/mol. The lowest BCUT2D eigenvalue weighted by atomic mass is 10.1. The van der Waals surface area contributed by atoms with Gasteiger partial charge in [-0.15, -0.1) is 0 Å². The maximum atomic E-state index is 4.03. The van der Waals surface area contributed by atoms with Gasteiger partial charge in [-0.1, -0.05) is 25.1 Å². The van der Waals surface area contributed by atoms with Crippen LogP contribution < -0.4 is 5.32 Å². The summed E-state index contributed by atoms with van der Waals surface area (Å²) in [4.78, 5) is 0. The average molecular weight is 229 g/mol. The van der Waals surface area contributed by atoms with Crippen molar-refractivity contribution in [1.82, 2.24) is 10.2 Å². The van der Waals surface area contributed by atoms with Crippen molar-refractivity contribution in [2.24, 2.45) is 0 Å². The van der Waals surface area contributed by atoms with Crippen LogP contribution in [-0.2, 0) is 13.0 Å². The Labute approximate surface area is 102 Å². The maximum absolute atomic E-state index is 4.03. The van der Waals surface area contributed by atoms with Gasteiger partial charge in [0.05, 0.1) is 6.20 Å². The molecule has 0 aliphatic carbocycles. The van der Waals surface area contributed by atoms with Gasteiger partial charge in [0.1, 0.15) is 0 Å². The topological polar surface area (TPSA) is 40.7 Å². The summed E-state index contributed by atoms with van der Waals surface area (Å²) in [5.74, 6) is 0. The van der Waals surface area contributed by atoms with Gasteiger partial charge in [-0.25, -0.2) is 0 Å². The van der Waals surface area contributed by atoms with Crippen LogP contribution in [0.15, 0.2) is 24.4 Å². The first-order chi connectivity index (χ1) is 8.22. The molecule has 3 heteroatoms. The minimum Gasteiger partial charge on any atom is -0.380 e. The van der Waals surface area contributed by atoms with E-state index in [9.17, 15) is 0 Å². The lowest BCUT2D eigenvalue weighted by Gasteiger charge is -2.13.